The van der Waals surface area contributed by atoms with Crippen molar-refractivity contribution in [2.24, 2.45) is 0 Å². The number of rotatable bonds is 6. The summed E-state index contributed by atoms with van der Waals surface area (Å²) >= 11 is 0. The van der Waals surface area contributed by atoms with Crippen LogP contribution in [0.5, 0.6) is 5.75 Å². The smallest absolute Gasteiger partial charge is 0.119 e. The Morgan fingerprint density at radius 2 is 1.65 bits per heavy atom. The molecule has 0 aromatic heterocycles. The number of likely N-dealkylation sites (N-methyl/N-ethyl adjacent to an activating group) is 1. The minimum atomic E-state index is 0.658. The molecule has 2 aromatic rings. The topological polar surface area (TPSA) is 38.5 Å². The Hall–Kier alpha value is -2.16. The number of nitrogens with two attached hydrogens (primary N) is 1. The highest BCUT2D eigenvalue weighted by Gasteiger charge is 2.04. The van der Waals surface area contributed by atoms with Crippen LogP contribution in [0.1, 0.15) is 12.5 Å². The van der Waals surface area contributed by atoms with Crippen molar-refractivity contribution in [2.45, 2.75) is 13.8 Å². The molecule has 0 saturated carbocycles. The van der Waals surface area contributed by atoms with E-state index >= 15 is 0 Å². The van der Waals surface area contributed by atoms with Crippen LogP contribution in [0.15, 0.2) is 48.5 Å². The molecule has 0 saturated heterocycles. The highest BCUT2D eigenvalue weighted by molar-refractivity contribution is 5.47. The van der Waals surface area contributed by atoms with Crippen molar-refractivity contribution in [3.63, 3.8) is 0 Å². The van der Waals surface area contributed by atoms with Gasteiger partial charge in [0.25, 0.3) is 0 Å². The first-order valence-electron chi connectivity index (χ1n) is 6.99. The second-order valence-electron chi connectivity index (χ2n) is 4.83. The predicted octanol–water partition coefficient (Wildman–Crippen LogP) is 3.48. The fraction of sp³-hybridized carbons (Fsp3) is 0.294. The van der Waals surface area contributed by atoms with Crippen LogP contribution in [0.4, 0.5) is 11.4 Å². The van der Waals surface area contributed by atoms with Crippen LogP contribution in [0.25, 0.3) is 0 Å². The lowest BCUT2D eigenvalue weighted by atomic mass is 10.2. The minimum Gasteiger partial charge on any atom is -0.492 e. The summed E-state index contributed by atoms with van der Waals surface area (Å²) in [5.74, 6) is 0.860. The van der Waals surface area contributed by atoms with Crippen molar-refractivity contribution >= 4 is 11.4 Å². The van der Waals surface area contributed by atoms with Crippen LogP contribution >= 0.6 is 0 Å². The molecule has 2 aromatic carbocycles. The van der Waals surface area contributed by atoms with Crippen LogP contribution in [-0.4, -0.2) is 19.7 Å². The quantitative estimate of drug-likeness (QED) is 0.817. The molecule has 106 valence electrons. The number of aryl methyl sites for hydroxylation is 1. The Balaban J connectivity index is 1.87. The van der Waals surface area contributed by atoms with Crippen LogP contribution < -0.4 is 15.4 Å². The molecule has 20 heavy (non-hydrogen) atoms. The molecule has 0 unspecified atom stereocenters. The number of ether oxygens (including phenoxy) is 1. The van der Waals surface area contributed by atoms with E-state index in [2.05, 4.69) is 43.0 Å². The molecule has 3 nitrogen and oxygen atoms in total. The van der Waals surface area contributed by atoms with Gasteiger partial charge in [0.05, 0.1) is 6.54 Å². The fourth-order valence-electron chi connectivity index (χ4n) is 2.06. The maximum absolute atomic E-state index is 5.74. The summed E-state index contributed by atoms with van der Waals surface area (Å²) in [5.41, 5.74) is 8.92. The molecule has 2 rings (SSSR count). The first kappa shape index (κ1) is 14.3. The van der Waals surface area contributed by atoms with E-state index in [4.69, 9.17) is 10.5 Å². The lowest BCUT2D eigenvalue weighted by Crippen LogP contribution is -2.27. The number of benzene rings is 2. The molecule has 0 atom stereocenters. The second-order valence-corrected chi connectivity index (χ2v) is 4.83. The number of nitrogens with zero attached hydrogens (tertiary/aromatic N) is 1. The van der Waals surface area contributed by atoms with Crippen LogP contribution in [0, 0.1) is 6.92 Å². The van der Waals surface area contributed by atoms with E-state index in [1.807, 2.05) is 24.3 Å². The van der Waals surface area contributed by atoms with Gasteiger partial charge < -0.3 is 15.4 Å². The highest BCUT2D eigenvalue weighted by Crippen LogP contribution is 2.16. The van der Waals surface area contributed by atoms with Gasteiger partial charge in [-0.15, -0.1) is 0 Å². The average Bonchev–Trinajstić information content (AvgIpc) is 2.47. The van der Waals surface area contributed by atoms with Crippen molar-refractivity contribution in [1.29, 1.82) is 0 Å². The number of hydrogen-bond donors (Lipinski definition) is 1. The minimum absolute atomic E-state index is 0.658. The van der Waals surface area contributed by atoms with Gasteiger partial charge in [-0.3, -0.25) is 0 Å². The van der Waals surface area contributed by atoms with Crippen molar-refractivity contribution in [1.82, 2.24) is 0 Å². The summed E-state index contributed by atoms with van der Waals surface area (Å²) in [7, 11) is 0. The Morgan fingerprint density at radius 3 is 2.25 bits per heavy atom. The van der Waals surface area contributed by atoms with Gasteiger partial charge in [0.2, 0.25) is 0 Å². The monoisotopic (exact) mass is 270 g/mol. The van der Waals surface area contributed by atoms with Gasteiger partial charge in [0.15, 0.2) is 0 Å². The molecule has 0 heterocycles. The van der Waals surface area contributed by atoms with Gasteiger partial charge in [0, 0.05) is 17.9 Å². The van der Waals surface area contributed by atoms with E-state index in [9.17, 15) is 0 Å². The summed E-state index contributed by atoms with van der Waals surface area (Å²) in [5, 5.41) is 0. The van der Waals surface area contributed by atoms with Gasteiger partial charge in [0.1, 0.15) is 12.4 Å². The number of hydrogen-bond acceptors (Lipinski definition) is 3. The first-order chi connectivity index (χ1) is 9.69. The van der Waals surface area contributed by atoms with E-state index in [1.165, 1.54) is 11.3 Å². The first-order valence-corrected chi connectivity index (χ1v) is 6.99. The Bertz CT molecular complexity index is 520. The van der Waals surface area contributed by atoms with E-state index in [0.717, 1.165) is 24.5 Å². The van der Waals surface area contributed by atoms with Gasteiger partial charge >= 0.3 is 0 Å². The van der Waals surface area contributed by atoms with Crippen LogP contribution in [-0.2, 0) is 0 Å². The third-order valence-electron chi connectivity index (χ3n) is 3.29. The molecular weight excluding hydrogens is 248 g/mol. The molecule has 0 radical (unpaired) electrons. The van der Waals surface area contributed by atoms with Gasteiger partial charge in [-0.1, -0.05) is 17.7 Å². The van der Waals surface area contributed by atoms with Crippen LogP contribution in [0.2, 0.25) is 0 Å². The van der Waals surface area contributed by atoms with Gasteiger partial charge in [-0.25, -0.2) is 0 Å². The zero-order chi connectivity index (χ0) is 14.4. The standard InChI is InChI=1S/C17H22N2O/c1-3-19(16-8-4-14(2)5-9-16)12-13-20-17-10-6-15(18)7-11-17/h4-11H,3,12-13,18H2,1-2H3. The highest BCUT2D eigenvalue weighted by atomic mass is 16.5. The molecule has 0 aliphatic heterocycles. The third-order valence-corrected chi connectivity index (χ3v) is 3.29. The van der Waals surface area contributed by atoms with Crippen molar-refractivity contribution in [3.05, 3.63) is 54.1 Å². The zero-order valence-corrected chi connectivity index (χ0v) is 12.2. The van der Waals surface area contributed by atoms with Crippen molar-refractivity contribution in [3.8, 4) is 5.75 Å². The van der Waals surface area contributed by atoms with Crippen molar-refractivity contribution < 1.29 is 4.74 Å². The summed E-state index contributed by atoms with van der Waals surface area (Å²) in [6, 6.07) is 16.1. The maximum Gasteiger partial charge on any atom is 0.119 e. The summed E-state index contributed by atoms with van der Waals surface area (Å²) in [4.78, 5) is 2.30. The lowest BCUT2D eigenvalue weighted by molar-refractivity contribution is 0.324. The van der Waals surface area contributed by atoms with E-state index in [0.29, 0.717) is 6.61 Å². The molecule has 0 amide bonds. The number of nitrogen functional groups attached to an aromatic ring is 1. The molecule has 3 heteroatoms. The zero-order valence-electron chi connectivity index (χ0n) is 12.2. The molecule has 0 fully saturated rings. The Labute approximate surface area is 121 Å². The van der Waals surface area contributed by atoms with E-state index < -0.39 is 0 Å². The van der Waals surface area contributed by atoms with Gasteiger partial charge in [-0.05, 0) is 50.2 Å². The molecule has 0 spiro atoms. The Kier molecular flexibility index (Phi) is 4.88. The molecule has 0 aliphatic rings. The van der Waals surface area contributed by atoms with E-state index in [-0.39, 0.29) is 0 Å². The molecular formula is C17H22N2O. The second kappa shape index (κ2) is 6.85. The van der Waals surface area contributed by atoms with Crippen LogP contribution in [0.3, 0.4) is 0 Å². The SMILES string of the molecule is CCN(CCOc1ccc(N)cc1)c1ccc(C)cc1. The summed E-state index contributed by atoms with van der Waals surface area (Å²) < 4.78 is 5.74. The number of anilines is 2. The normalized spacial score (nSPS) is 10.3. The summed E-state index contributed by atoms with van der Waals surface area (Å²) in [6.45, 7) is 6.75. The molecule has 0 aliphatic carbocycles. The lowest BCUT2D eigenvalue weighted by Gasteiger charge is -2.23. The average molecular weight is 270 g/mol. The fourth-order valence-corrected chi connectivity index (χ4v) is 2.06. The maximum atomic E-state index is 5.74. The Morgan fingerprint density at radius 1 is 1.00 bits per heavy atom. The van der Waals surface area contributed by atoms with Crippen molar-refractivity contribution in [2.75, 3.05) is 30.3 Å². The third kappa shape index (κ3) is 3.92. The van der Waals surface area contributed by atoms with E-state index in [1.54, 1.807) is 0 Å². The summed E-state index contributed by atoms with van der Waals surface area (Å²) in [6.07, 6.45) is 0. The molecule has 2 N–H and O–H groups in total. The largest absolute Gasteiger partial charge is 0.492 e. The molecule has 0 bridgehead atoms. The van der Waals surface area contributed by atoms with Gasteiger partial charge in [-0.2, -0.15) is 0 Å². The predicted molar refractivity (Wildman–Crippen MR) is 85.4 cm³/mol.